The molecule has 0 aliphatic carbocycles. The largest absolute Gasteiger partial charge is 0.437 e. The van der Waals surface area contributed by atoms with Gasteiger partial charge in [0, 0.05) is 39.3 Å². The highest BCUT2D eigenvalue weighted by Gasteiger charge is 2.42. The van der Waals surface area contributed by atoms with Gasteiger partial charge in [-0.3, -0.25) is 4.79 Å². The summed E-state index contributed by atoms with van der Waals surface area (Å²) >= 11 is 0. The molecule has 4 heterocycles. The molecule has 3 amide bonds. The third kappa shape index (κ3) is 6.40. The van der Waals surface area contributed by atoms with Gasteiger partial charge in [0.25, 0.3) is 11.9 Å². The summed E-state index contributed by atoms with van der Waals surface area (Å²) in [7, 11) is 0. The smallest absolute Gasteiger partial charge is 0.417 e. The minimum atomic E-state index is -4.86. The molecule has 2 saturated heterocycles. The second kappa shape index (κ2) is 12.0. The number of piperidine rings is 1. The number of hydrogen-bond donors (Lipinski definition) is 2. The van der Waals surface area contributed by atoms with Gasteiger partial charge in [-0.1, -0.05) is 19.1 Å². The Balaban J connectivity index is 1.19. The number of para-hydroxylation sites is 1. The number of hydrogen-bond acceptors (Lipinski definition) is 8. The Morgan fingerprint density at radius 3 is 2.48 bits per heavy atom. The molecule has 0 radical (unpaired) electrons. The summed E-state index contributed by atoms with van der Waals surface area (Å²) in [6, 6.07) is 11.4. The number of urea groups is 1. The number of nitrogens with one attached hydrogen (secondary N) is 2. The lowest BCUT2D eigenvalue weighted by molar-refractivity contribution is -0.141. The molecule has 1 atom stereocenters. The van der Waals surface area contributed by atoms with Crippen LogP contribution in [0.25, 0.3) is 0 Å². The van der Waals surface area contributed by atoms with Crippen molar-refractivity contribution in [2.75, 3.05) is 59.7 Å². The summed E-state index contributed by atoms with van der Waals surface area (Å²) in [5.41, 5.74) is -0.362. The summed E-state index contributed by atoms with van der Waals surface area (Å²) in [6.45, 7) is 4.78. The number of oxazole rings is 1. The van der Waals surface area contributed by atoms with Crippen LogP contribution in [0.2, 0.25) is 0 Å². The lowest BCUT2D eigenvalue weighted by atomic mass is 10.0. The van der Waals surface area contributed by atoms with Crippen molar-refractivity contribution in [1.82, 2.24) is 14.9 Å². The Morgan fingerprint density at radius 1 is 1.05 bits per heavy atom. The Kier molecular flexibility index (Phi) is 8.19. The first-order valence-electron chi connectivity index (χ1n) is 13.5. The molecule has 2 fully saturated rings. The summed E-state index contributed by atoms with van der Waals surface area (Å²) in [5.74, 6) is -1.11. The maximum absolute atomic E-state index is 13.7. The lowest BCUT2D eigenvalue weighted by Gasteiger charge is -2.35. The Labute approximate surface area is 239 Å². The van der Waals surface area contributed by atoms with E-state index in [9.17, 15) is 28.0 Å². The van der Waals surface area contributed by atoms with Crippen LogP contribution >= 0.6 is 0 Å². The van der Waals surface area contributed by atoms with Crippen molar-refractivity contribution in [3.05, 3.63) is 59.6 Å². The third-order valence-corrected chi connectivity index (χ3v) is 7.20. The van der Waals surface area contributed by atoms with E-state index in [1.807, 2.05) is 17.9 Å². The normalized spacial score (nSPS) is 17.5. The number of amides is 3. The molecule has 42 heavy (non-hydrogen) atoms. The van der Waals surface area contributed by atoms with E-state index < -0.39 is 23.5 Å². The molecule has 2 aliphatic heterocycles. The number of halogens is 3. The van der Waals surface area contributed by atoms with Gasteiger partial charge in [-0.2, -0.15) is 23.4 Å². The monoisotopic (exact) mass is 582 g/mol. The number of carbonyl (C=O) groups excluding carboxylic acids is 2. The van der Waals surface area contributed by atoms with Crippen molar-refractivity contribution in [3.63, 3.8) is 0 Å². The Hall–Kier alpha value is -4.80. The molecule has 1 unspecified atom stereocenters. The molecule has 14 heteroatoms. The fourth-order valence-corrected chi connectivity index (χ4v) is 5.01. The average Bonchev–Trinajstić information content (AvgIpc) is 3.45. The van der Waals surface area contributed by atoms with Gasteiger partial charge in [0.05, 0.1) is 23.1 Å². The minimum absolute atomic E-state index is 0.190. The summed E-state index contributed by atoms with van der Waals surface area (Å²) in [6.07, 6.45) is -1.76. The average molecular weight is 583 g/mol. The number of aromatic nitrogens is 2. The Bertz CT molecular complexity index is 1480. The van der Waals surface area contributed by atoms with Crippen molar-refractivity contribution >= 4 is 35.1 Å². The van der Waals surface area contributed by atoms with Crippen LogP contribution in [0.15, 0.2) is 47.0 Å². The number of rotatable bonds is 5. The van der Waals surface area contributed by atoms with Gasteiger partial charge in [0.1, 0.15) is 11.9 Å². The van der Waals surface area contributed by atoms with Crippen LogP contribution in [0.5, 0.6) is 0 Å². The van der Waals surface area contributed by atoms with Crippen molar-refractivity contribution in [1.29, 1.82) is 5.26 Å². The van der Waals surface area contributed by atoms with E-state index in [1.165, 1.54) is 12.3 Å². The molecular formula is C28H29F3N8O3. The number of nitrogens with zero attached hydrogens (tertiary/aromatic N) is 6. The lowest BCUT2D eigenvalue weighted by Crippen LogP contribution is -2.50. The van der Waals surface area contributed by atoms with Crippen LogP contribution in [0, 0.1) is 17.2 Å². The van der Waals surface area contributed by atoms with E-state index in [1.54, 1.807) is 40.1 Å². The summed E-state index contributed by atoms with van der Waals surface area (Å²) in [4.78, 5) is 38.7. The van der Waals surface area contributed by atoms with Crippen molar-refractivity contribution < 1.29 is 27.2 Å². The molecule has 2 aromatic heterocycles. The molecule has 2 aliphatic rings. The topological polar surface area (TPSA) is 131 Å². The molecule has 1 aromatic carbocycles. The standard InChI is InChI=1S/C28H29F3N8O3/c1-18-5-4-10-39(17-18)27-36-24(28(29,30)31)23(42-27)25(40)34-20-8-9-22(33-16-20)37-11-13-38(14-12-37)26(41)35-21-7-3-2-6-19(21)15-32/h2-3,6-9,16,18H,4-5,10-14,17H2,1H3,(H,34,40)(H,35,41). The van der Waals surface area contributed by atoms with Crippen molar-refractivity contribution in [2.45, 2.75) is 25.9 Å². The number of carbonyl (C=O) groups is 2. The van der Waals surface area contributed by atoms with Gasteiger partial charge in [-0.15, -0.1) is 0 Å². The number of pyridine rings is 1. The number of nitriles is 1. The fourth-order valence-electron chi connectivity index (χ4n) is 5.01. The van der Waals surface area contributed by atoms with E-state index in [0.29, 0.717) is 56.3 Å². The zero-order valence-electron chi connectivity index (χ0n) is 22.8. The second-order valence-corrected chi connectivity index (χ2v) is 10.3. The predicted molar refractivity (Wildman–Crippen MR) is 148 cm³/mol. The first kappa shape index (κ1) is 28.7. The minimum Gasteiger partial charge on any atom is -0.417 e. The highest BCUT2D eigenvalue weighted by atomic mass is 19.4. The first-order chi connectivity index (χ1) is 20.1. The quantitative estimate of drug-likeness (QED) is 0.439. The molecule has 0 spiro atoms. The summed E-state index contributed by atoms with van der Waals surface area (Å²) in [5, 5.41) is 14.4. The zero-order chi connectivity index (χ0) is 29.9. The van der Waals surface area contributed by atoms with Crippen molar-refractivity contribution in [3.8, 4) is 6.07 Å². The maximum atomic E-state index is 13.7. The maximum Gasteiger partial charge on any atom is 0.437 e. The van der Waals surface area contributed by atoms with Gasteiger partial charge < -0.3 is 29.8 Å². The van der Waals surface area contributed by atoms with E-state index in [4.69, 9.17) is 4.42 Å². The third-order valence-electron chi connectivity index (χ3n) is 7.20. The van der Waals surface area contributed by atoms with E-state index in [2.05, 4.69) is 20.6 Å². The van der Waals surface area contributed by atoms with Crippen LogP contribution in [0.4, 0.5) is 41.2 Å². The molecule has 5 rings (SSSR count). The predicted octanol–water partition coefficient (Wildman–Crippen LogP) is 4.80. The van der Waals surface area contributed by atoms with Crippen LogP contribution in [-0.2, 0) is 6.18 Å². The van der Waals surface area contributed by atoms with E-state index in [-0.39, 0.29) is 23.7 Å². The van der Waals surface area contributed by atoms with E-state index >= 15 is 0 Å². The van der Waals surface area contributed by atoms with Crippen LogP contribution in [0.3, 0.4) is 0 Å². The fraction of sp³-hybridized carbons (Fsp3) is 0.393. The van der Waals surface area contributed by atoms with Gasteiger partial charge in [0.2, 0.25) is 5.76 Å². The molecular weight excluding hydrogens is 553 g/mol. The number of piperazine rings is 1. The highest BCUT2D eigenvalue weighted by Crippen LogP contribution is 2.35. The first-order valence-corrected chi connectivity index (χ1v) is 13.5. The molecule has 0 bridgehead atoms. The molecule has 2 N–H and O–H groups in total. The number of alkyl halides is 3. The van der Waals surface area contributed by atoms with Gasteiger partial charge in [-0.05, 0) is 43.0 Å². The Morgan fingerprint density at radius 2 is 1.81 bits per heavy atom. The second-order valence-electron chi connectivity index (χ2n) is 10.3. The molecule has 0 saturated carbocycles. The molecule has 220 valence electrons. The van der Waals surface area contributed by atoms with Crippen LogP contribution < -0.4 is 20.4 Å². The zero-order valence-corrected chi connectivity index (χ0v) is 22.8. The van der Waals surface area contributed by atoms with E-state index in [0.717, 1.165) is 12.8 Å². The molecule has 11 nitrogen and oxygen atoms in total. The molecule has 3 aromatic rings. The SMILES string of the molecule is CC1CCCN(c2nc(C(F)(F)F)c(C(=O)Nc3ccc(N4CCN(C(=O)Nc5ccccc5C#N)CC4)nc3)o2)C1. The van der Waals surface area contributed by atoms with Gasteiger partial charge in [0.15, 0.2) is 5.69 Å². The van der Waals surface area contributed by atoms with Crippen LogP contribution in [-0.4, -0.2) is 66.1 Å². The number of benzene rings is 1. The number of anilines is 4. The highest BCUT2D eigenvalue weighted by molar-refractivity contribution is 6.03. The van der Waals surface area contributed by atoms with Gasteiger partial charge >= 0.3 is 12.2 Å². The van der Waals surface area contributed by atoms with Crippen LogP contribution in [0.1, 0.15) is 41.6 Å². The summed E-state index contributed by atoms with van der Waals surface area (Å²) < 4.78 is 46.5. The van der Waals surface area contributed by atoms with Crippen molar-refractivity contribution in [2.24, 2.45) is 5.92 Å². The van der Waals surface area contributed by atoms with Gasteiger partial charge in [-0.25, -0.2) is 9.78 Å².